The predicted molar refractivity (Wildman–Crippen MR) is 103 cm³/mol. The Labute approximate surface area is 159 Å². The summed E-state index contributed by atoms with van der Waals surface area (Å²) in [5.74, 6) is 0.951. The minimum Gasteiger partial charge on any atom is -0.493 e. The second kappa shape index (κ2) is 7.61. The Morgan fingerprint density at radius 3 is 2.35 bits per heavy atom. The summed E-state index contributed by atoms with van der Waals surface area (Å²) in [6, 6.07) is 10.7. The Hall–Kier alpha value is -2.80. The molecule has 7 heteroatoms. The Balaban J connectivity index is 2.00. The second-order valence-electron chi connectivity index (χ2n) is 5.36. The molecule has 3 aromatic rings. The van der Waals surface area contributed by atoms with Crippen LogP contribution < -0.4 is 19.5 Å². The summed E-state index contributed by atoms with van der Waals surface area (Å²) in [5.41, 5.74) is 1.69. The van der Waals surface area contributed by atoms with E-state index in [0.717, 1.165) is 9.86 Å². The van der Waals surface area contributed by atoms with Gasteiger partial charge in [-0.1, -0.05) is 22.0 Å². The molecule has 1 aromatic heterocycles. The summed E-state index contributed by atoms with van der Waals surface area (Å²) in [7, 11) is 4.52. The molecule has 2 aromatic carbocycles. The van der Waals surface area contributed by atoms with Crippen LogP contribution in [-0.2, 0) is 0 Å². The molecule has 134 valence electrons. The predicted octanol–water partition coefficient (Wildman–Crippen LogP) is 4.28. The van der Waals surface area contributed by atoms with Crippen molar-refractivity contribution in [1.29, 1.82) is 0 Å². The van der Waals surface area contributed by atoms with Gasteiger partial charge in [0.25, 0.3) is 5.91 Å². The van der Waals surface area contributed by atoms with E-state index in [9.17, 15) is 4.79 Å². The smallest absolute Gasteiger partial charge is 0.256 e. The molecule has 6 nitrogen and oxygen atoms in total. The molecular formula is C19H17BrN2O4. The summed E-state index contributed by atoms with van der Waals surface area (Å²) in [6.45, 7) is 0. The molecule has 0 saturated carbocycles. The molecule has 3 rings (SSSR count). The van der Waals surface area contributed by atoms with E-state index in [-0.39, 0.29) is 5.91 Å². The third kappa shape index (κ3) is 3.30. The van der Waals surface area contributed by atoms with Crippen LogP contribution in [0.1, 0.15) is 10.4 Å². The van der Waals surface area contributed by atoms with Crippen LogP contribution in [0.25, 0.3) is 10.9 Å². The summed E-state index contributed by atoms with van der Waals surface area (Å²) in [4.78, 5) is 17.1. The van der Waals surface area contributed by atoms with E-state index in [4.69, 9.17) is 14.2 Å². The van der Waals surface area contributed by atoms with Gasteiger partial charge < -0.3 is 19.5 Å². The van der Waals surface area contributed by atoms with Crippen molar-refractivity contribution in [1.82, 2.24) is 4.98 Å². The molecule has 0 aliphatic rings. The first-order chi connectivity index (χ1) is 12.6. The van der Waals surface area contributed by atoms with Gasteiger partial charge in [-0.25, -0.2) is 0 Å². The van der Waals surface area contributed by atoms with Crippen molar-refractivity contribution in [2.75, 3.05) is 26.6 Å². The van der Waals surface area contributed by atoms with Crippen LogP contribution in [0.3, 0.4) is 0 Å². The molecule has 0 saturated heterocycles. The Kier molecular flexibility index (Phi) is 5.27. The number of rotatable bonds is 5. The van der Waals surface area contributed by atoms with E-state index in [2.05, 4.69) is 26.2 Å². The molecule has 26 heavy (non-hydrogen) atoms. The average Bonchev–Trinajstić information content (AvgIpc) is 2.68. The molecule has 0 spiro atoms. The van der Waals surface area contributed by atoms with Crippen molar-refractivity contribution < 1.29 is 19.0 Å². The standard InChI is InChI=1S/C19H17BrN2O4/c1-24-15-9-11(10-16(25-2)18(15)26-3)19(23)22-14-7-6-13(20)12-5-4-8-21-17(12)14/h4-10H,1-3H3,(H,22,23). The number of nitrogens with one attached hydrogen (secondary N) is 1. The van der Waals surface area contributed by atoms with Crippen molar-refractivity contribution in [3.05, 3.63) is 52.6 Å². The van der Waals surface area contributed by atoms with Gasteiger partial charge in [0.15, 0.2) is 11.5 Å². The Morgan fingerprint density at radius 1 is 1.04 bits per heavy atom. The largest absolute Gasteiger partial charge is 0.493 e. The fourth-order valence-corrected chi connectivity index (χ4v) is 3.10. The Morgan fingerprint density at radius 2 is 1.73 bits per heavy atom. The molecule has 0 fully saturated rings. The van der Waals surface area contributed by atoms with E-state index in [0.29, 0.717) is 34.0 Å². The van der Waals surface area contributed by atoms with Gasteiger partial charge in [-0.05, 0) is 30.3 Å². The molecule has 1 heterocycles. The van der Waals surface area contributed by atoms with Crippen LogP contribution in [0.5, 0.6) is 17.2 Å². The fraction of sp³-hybridized carbons (Fsp3) is 0.158. The van der Waals surface area contributed by atoms with Gasteiger partial charge in [-0.15, -0.1) is 0 Å². The highest BCUT2D eigenvalue weighted by molar-refractivity contribution is 9.10. The quantitative estimate of drug-likeness (QED) is 0.672. The number of hydrogen-bond acceptors (Lipinski definition) is 5. The molecule has 0 aliphatic heterocycles. The number of methoxy groups -OCH3 is 3. The van der Waals surface area contributed by atoms with Gasteiger partial charge in [0, 0.05) is 21.6 Å². The zero-order valence-corrected chi connectivity index (χ0v) is 16.1. The Bertz CT molecular complexity index is 950. The van der Waals surface area contributed by atoms with Crippen LogP contribution in [0.2, 0.25) is 0 Å². The summed E-state index contributed by atoms with van der Waals surface area (Å²) < 4.78 is 16.8. The first-order valence-electron chi connectivity index (χ1n) is 7.73. The highest BCUT2D eigenvalue weighted by Crippen LogP contribution is 2.38. The van der Waals surface area contributed by atoms with Crippen molar-refractivity contribution in [2.24, 2.45) is 0 Å². The van der Waals surface area contributed by atoms with Crippen molar-refractivity contribution in [3.63, 3.8) is 0 Å². The number of amides is 1. The van der Waals surface area contributed by atoms with Crippen molar-refractivity contribution >= 4 is 38.4 Å². The topological polar surface area (TPSA) is 69.7 Å². The number of anilines is 1. The summed E-state index contributed by atoms with van der Waals surface area (Å²) >= 11 is 3.50. The summed E-state index contributed by atoms with van der Waals surface area (Å²) in [6.07, 6.45) is 1.68. The number of halogens is 1. The number of fused-ring (bicyclic) bond motifs is 1. The zero-order chi connectivity index (χ0) is 18.7. The third-order valence-electron chi connectivity index (χ3n) is 3.89. The number of benzene rings is 2. The van der Waals surface area contributed by atoms with Crippen LogP contribution in [0.15, 0.2) is 47.1 Å². The lowest BCUT2D eigenvalue weighted by Gasteiger charge is -2.14. The SMILES string of the molecule is COc1cc(C(=O)Nc2ccc(Br)c3cccnc23)cc(OC)c1OC. The molecule has 0 unspecified atom stereocenters. The summed E-state index contributed by atoms with van der Waals surface area (Å²) in [5, 5.41) is 3.81. The molecule has 0 bridgehead atoms. The molecule has 0 aliphatic carbocycles. The monoisotopic (exact) mass is 416 g/mol. The van der Waals surface area contributed by atoms with Gasteiger partial charge in [0.1, 0.15) is 0 Å². The lowest BCUT2D eigenvalue weighted by molar-refractivity contribution is 0.102. The number of pyridine rings is 1. The van der Waals surface area contributed by atoms with Gasteiger partial charge in [-0.3, -0.25) is 9.78 Å². The third-order valence-corrected chi connectivity index (χ3v) is 4.58. The van der Waals surface area contributed by atoms with E-state index >= 15 is 0 Å². The number of hydrogen-bond donors (Lipinski definition) is 1. The minimum absolute atomic E-state index is 0.307. The number of carbonyl (C=O) groups excluding carboxylic acids is 1. The molecular weight excluding hydrogens is 400 g/mol. The first-order valence-corrected chi connectivity index (χ1v) is 8.53. The van der Waals surface area contributed by atoms with Crippen LogP contribution in [0, 0.1) is 0 Å². The highest BCUT2D eigenvalue weighted by Gasteiger charge is 2.18. The van der Waals surface area contributed by atoms with E-state index in [1.54, 1.807) is 24.4 Å². The highest BCUT2D eigenvalue weighted by atomic mass is 79.9. The van der Waals surface area contributed by atoms with Crippen molar-refractivity contribution in [3.8, 4) is 17.2 Å². The zero-order valence-electron chi connectivity index (χ0n) is 14.5. The van der Waals surface area contributed by atoms with Crippen LogP contribution >= 0.6 is 15.9 Å². The van der Waals surface area contributed by atoms with Crippen LogP contribution in [-0.4, -0.2) is 32.2 Å². The fourth-order valence-electron chi connectivity index (χ4n) is 2.65. The van der Waals surface area contributed by atoms with Gasteiger partial charge >= 0.3 is 0 Å². The molecule has 1 N–H and O–H groups in total. The number of nitrogens with zero attached hydrogens (tertiary/aromatic N) is 1. The maximum Gasteiger partial charge on any atom is 0.256 e. The average molecular weight is 417 g/mol. The number of aromatic nitrogens is 1. The van der Waals surface area contributed by atoms with E-state index < -0.39 is 0 Å². The second-order valence-corrected chi connectivity index (χ2v) is 6.22. The lowest BCUT2D eigenvalue weighted by Crippen LogP contribution is -2.13. The van der Waals surface area contributed by atoms with Crippen LogP contribution in [0.4, 0.5) is 5.69 Å². The molecule has 1 amide bonds. The maximum absolute atomic E-state index is 12.8. The number of ether oxygens (including phenoxy) is 3. The minimum atomic E-state index is -0.307. The van der Waals surface area contributed by atoms with E-state index in [1.807, 2.05) is 18.2 Å². The van der Waals surface area contributed by atoms with Gasteiger partial charge in [0.05, 0.1) is 32.5 Å². The van der Waals surface area contributed by atoms with E-state index in [1.165, 1.54) is 21.3 Å². The number of carbonyl (C=O) groups is 1. The molecule has 0 radical (unpaired) electrons. The first kappa shape index (κ1) is 18.0. The molecule has 0 atom stereocenters. The van der Waals surface area contributed by atoms with Gasteiger partial charge in [0.2, 0.25) is 5.75 Å². The maximum atomic E-state index is 12.8. The van der Waals surface area contributed by atoms with Crippen molar-refractivity contribution in [2.45, 2.75) is 0 Å². The lowest BCUT2D eigenvalue weighted by atomic mass is 10.1. The normalized spacial score (nSPS) is 10.5. The van der Waals surface area contributed by atoms with Gasteiger partial charge in [-0.2, -0.15) is 0 Å².